The zero-order valence-corrected chi connectivity index (χ0v) is 21.2. The number of carbonyl (C=O) groups is 3. The molecule has 0 spiro atoms. The minimum absolute atomic E-state index is 0.0625. The number of halogens is 1. The average Bonchev–Trinajstić information content (AvgIpc) is 3.53. The Morgan fingerprint density at radius 1 is 1.03 bits per heavy atom. The van der Waals surface area contributed by atoms with Gasteiger partial charge >= 0.3 is 0 Å². The Morgan fingerprint density at radius 3 is 2.54 bits per heavy atom. The second-order valence-corrected chi connectivity index (χ2v) is 11.3. The molecule has 1 aromatic carbocycles. The van der Waals surface area contributed by atoms with Gasteiger partial charge in [0.2, 0.25) is 11.8 Å². The number of imide groups is 1. The molecule has 2 aliphatic heterocycles. The van der Waals surface area contributed by atoms with Gasteiger partial charge in [-0.05, 0) is 74.6 Å². The Kier molecular flexibility index (Phi) is 7.63. The van der Waals surface area contributed by atoms with Crippen LogP contribution in [-0.2, 0) is 14.4 Å². The van der Waals surface area contributed by atoms with Crippen LogP contribution in [0.5, 0.6) is 0 Å². The molecule has 190 valence electrons. The van der Waals surface area contributed by atoms with Crippen LogP contribution in [-0.4, -0.2) is 72.8 Å². The third-order valence-corrected chi connectivity index (χ3v) is 8.80. The highest BCUT2D eigenvalue weighted by Gasteiger charge is 2.42. The van der Waals surface area contributed by atoms with Crippen LogP contribution in [0.2, 0.25) is 5.02 Å². The van der Waals surface area contributed by atoms with E-state index in [1.54, 1.807) is 0 Å². The predicted molar refractivity (Wildman–Crippen MR) is 136 cm³/mol. The molecule has 7 nitrogen and oxygen atoms in total. The van der Waals surface area contributed by atoms with Crippen LogP contribution < -0.4 is 10.2 Å². The van der Waals surface area contributed by atoms with Gasteiger partial charge in [-0.3, -0.25) is 24.2 Å². The number of nitrogens with one attached hydrogen (secondary N) is 1. The average molecular weight is 501 g/mol. The first-order valence-electron chi connectivity index (χ1n) is 13.3. The van der Waals surface area contributed by atoms with Crippen molar-refractivity contribution >= 4 is 35.0 Å². The van der Waals surface area contributed by atoms with Gasteiger partial charge in [-0.25, -0.2) is 0 Å². The summed E-state index contributed by atoms with van der Waals surface area (Å²) < 4.78 is 0. The molecule has 35 heavy (non-hydrogen) atoms. The van der Waals surface area contributed by atoms with Gasteiger partial charge in [0.25, 0.3) is 5.91 Å². The monoisotopic (exact) mass is 500 g/mol. The van der Waals surface area contributed by atoms with E-state index in [-0.39, 0.29) is 24.1 Å². The summed E-state index contributed by atoms with van der Waals surface area (Å²) in [7, 11) is 0. The number of unbranched alkanes of at least 4 members (excludes halogenated alkanes) is 1. The number of rotatable bonds is 9. The zero-order valence-electron chi connectivity index (χ0n) is 20.5. The molecule has 0 aromatic heterocycles. The second kappa shape index (κ2) is 10.9. The number of benzene rings is 1. The van der Waals surface area contributed by atoms with E-state index in [1.807, 2.05) is 18.2 Å². The predicted octanol–water partition coefficient (Wildman–Crippen LogP) is 3.31. The number of piperazine rings is 1. The first-order valence-corrected chi connectivity index (χ1v) is 13.7. The number of hydrogen-bond donors (Lipinski definition) is 1. The minimum atomic E-state index is -0.673. The number of amides is 3. The van der Waals surface area contributed by atoms with E-state index < -0.39 is 6.04 Å². The van der Waals surface area contributed by atoms with Crippen molar-refractivity contribution < 1.29 is 14.4 Å². The standard InChI is InChI=1S/C27H37ClN4O3/c28-22-4-3-5-23(17-22)31-12-10-30(11-13-31)8-1-2-9-32-26(34)18-24(27(32)35)29-25(33)16-21-15-19-6-7-20(21)14-19/h3-5,17,19-21,24H,1-2,6-16,18H2,(H,29,33)/t19?,20?,21?,24-/m0/s1. The number of nitrogens with zero attached hydrogens (tertiary/aromatic N) is 3. The van der Waals surface area contributed by atoms with Gasteiger partial charge in [-0.2, -0.15) is 0 Å². The third-order valence-electron chi connectivity index (χ3n) is 8.56. The van der Waals surface area contributed by atoms with E-state index in [4.69, 9.17) is 11.6 Å². The first kappa shape index (κ1) is 24.6. The fraction of sp³-hybridized carbons (Fsp3) is 0.667. The molecule has 4 aliphatic rings. The molecular weight excluding hydrogens is 464 g/mol. The fourth-order valence-corrected chi connectivity index (χ4v) is 6.84. The largest absolute Gasteiger partial charge is 0.369 e. The molecule has 2 bridgehead atoms. The molecule has 4 atom stereocenters. The molecule has 1 N–H and O–H groups in total. The summed E-state index contributed by atoms with van der Waals surface area (Å²) in [4.78, 5) is 43.9. The molecule has 5 rings (SSSR count). The summed E-state index contributed by atoms with van der Waals surface area (Å²) in [6.45, 7) is 5.32. The highest BCUT2D eigenvalue weighted by Crippen LogP contribution is 2.49. The SMILES string of the molecule is O=C(CC1CC2CCC1C2)N[C@H]1CC(=O)N(CCCCN2CCN(c3cccc(Cl)c3)CC2)C1=O. The van der Waals surface area contributed by atoms with Gasteiger partial charge < -0.3 is 10.2 Å². The second-order valence-electron chi connectivity index (χ2n) is 10.9. The van der Waals surface area contributed by atoms with Gasteiger partial charge in [0.1, 0.15) is 6.04 Å². The number of carbonyl (C=O) groups excluding carboxylic acids is 3. The Morgan fingerprint density at radius 2 is 1.83 bits per heavy atom. The molecule has 1 aromatic rings. The number of anilines is 1. The number of hydrogen-bond acceptors (Lipinski definition) is 5. The molecule has 3 unspecified atom stereocenters. The number of likely N-dealkylation sites (tertiary alicyclic amines) is 1. The zero-order chi connectivity index (χ0) is 24.4. The molecule has 0 radical (unpaired) electrons. The first-order chi connectivity index (χ1) is 17.0. The fourth-order valence-electron chi connectivity index (χ4n) is 6.66. The van der Waals surface area contributed by atoms with Gasteiger partial charge in [-0.15, -0.1) is 0 Å². The quantitative estimate of drug-likeness (QED) is 0.416. The van der Waals surface area contributed by atoms with Gasteiger partial charge in [0, 0.05) is 49.9 Å². The van der Waals surface area contributed by atoms with Crippen molar-refractivity contribution in [2.75, 3.05) is 44.2 Å². The molecule has 2 aliphatic carbocycles. The summed E-state index contributed by atoms with van der Waals surface area (Å²) >= 11 is 6.12. The normalized spacial score (nSPS) is 28.8. The van der Waals surface area contributed by atoms with Crippen molar-refractivity contribution in [3.63, 3.8) is 0 Å². The molecule has 8 heteroatoms. The molecule has 4 fully saturated rings. The van der Waals surface area contributed by atoms with E-state index in [0.717, 1.165) is 62.9 Å². The maximum absolute atomic E-state index is 12.8. The smallest absolute Gasteiger partial charge is 0.252 e. The van der Waals surface area contributed by atoms with E-state index in [2.05, 4.69) is 21.2 Å². The lowest BCUT2D eigenvalue weighted by atomic mass is 9.86. The Bertz CT molecular complexity index is 948. The summed E-state index contributed by atoms with van der Waals surface area (Å²) in [6.07, 6.45) is 7.31. The lowest BCUT2D eigenvalue weighted by Crippen LogP contribution is -2.46. The van der Waals surface area contributed by atoms with Crippen molar-refractivity contribution in [2.24, 2.45) is 17.8 Å². The van der Waals surface area contributed by atoms with Gasteiger partial charge in [0.05, 0.1) is 6.42 Å². The van der Waals surface area contributed by atoms with Crippen LogP contribution in [0.15, 0.2) is 24.3 Å². The Labute approximate surface area is 213 Å². The van der Waals surface area contributed by atoms with Crippen LogP contribution in [0, 0.1) is 17.8 Å². The van der Waals surface area contributed by atoms with E-state index in [1.165, 1.54) is 29.8 Å². The molecule has 3 amide bonds. The van der Waals surface area contributed by atoms with Crippen molar-refractivity contribution in [2.45, 2.75) is 57.4 Å². The molecule has 2 saturated carbocycles. The van der Waals surface area contributed by atoms with Gasteiger partial charge in [0.15, 0.2) is 0 Å². The van der Waals surface area contributed by atoms with E-state index >= 15 is 0 Å². The lowest BCUT2D eigenvalue weighted by molar-refractivity contribution is -0.139. The van der Waals surface area contributed by atoms with E-state index in [0.29, 0.717) is 24.8 Å². The van der Waals surface area contributed by atoms with Crippen molar-refractivity contribution in [3.05, 3.63) is 29.3 Å². The topological polar surface area (TPSA) is 73.0 Å². The van der Waals surface area contributed by atoms with E-state index in [9.17, 15) is 14.4 Å². The van der Waals surface area contributed by atoms with Crippen LogP contribution >= 0.6 is 11.6 Å². The summed E-state index contributed by atoms with van der Waals surface area (Å²) in [5, 5.41) is 3.63. The minimum Gasteiger partial charge on any atom is -0.369 e. The van der Waals surface area contributed by atoms with Crippen LogP contribution in [0.4, 0.5) is 5.69 Å². The van der Waals surface area contributed by atoms with Crippen molar-refractivity contribution in [1.29, 1.82) is 0 Å². The maximum atomic E-state index is 12.8. The van der Waals surface area contributed by atoms with Crippen molar-refractivity contribution in [3.8, 4) is 0 Å². The maximum Gasteiger partial charge on any atom is 0.252 e. The summed E-state index contributed by atoms with van der Waals surface area (Å²) in [5.41, 5.74) is 1.17. The highest BCUT2D eigenvalue weighted by molar-refractivity contribution is 6.30. The highest BCUT2D eigenvalue weighted by atomic mass is 35.5. The Hall–Kier alpha value is -2.12. The summed E-state index contributed by atoms with van der Waals surface area (Å²) in [6, 6.07) is 7.31. The molecular formula is C27H37ClN4O3. The van der Waals surface area contributed by atoms with Crippen molar-refractivity contribution in [1.82, 2.24) is 15.1 Å². The molecule has 2 saturated heterocycles. The molecule has 2 heterocycles. The Balaban J connectivity index is 0.991. The number of fused-ring (bicyclic) bond motifs is 2. The van der Waals surface area contributed by atoms with Gasteiger partial charge in [-0.1, -0.05) is 24.1 Å². The van der Waals surface area contributed by atoms with Crippen LogP contribution in [0.1, 0.15) is 51.4 Å². The van der Waals surface area contributed by atoms with Crippen LogP contribution in [0.25, 0.3) is 0 Å². The lowest BCUT2D eigenvalue weighted by Gasteiger charge is -2.36. The van der Waals surface area contributed by atoms with Crippen LogP contribution in [0.3, 0.4) is 0 Å². The summed E-state index contributed by atoms with van der Waals surface area (Å²) in [5.74, 6) is 1.50. The third kappa shape index (κ3) is 5.83.